The summed E-state index contributed by atoms with van der Waals surface area (Å²) in [7, 11) is 0. The number of para-hydroxylation sites is 2. The van der Waals surface area contributed by atoms with E-state index in [2.05, 4.69) is 5.32 Å². The van der Waals surface area contributed by atoms with Gasteiger partial charge in [0.05, 0.1) is 17.6 Å². The first-order valence-corrected chi connectivity index (χ1v) is 7.77. The molecule has 7 heteroatoms. The summed E-state index contributed by atoms with van der Waals surface area (Å²) in [5.74, 6) is -0.115. The molecular weight excluding hydrogens is 328 g/mol. The van der Waals surface area contributed by atoms with E-state index in [1.165, 1.54) is 17.6 Å². The van der Waals surface area contributed by atoms with E-state index in [4.69, 9.17) is 0 Å². The summed E-state index contributed by atoms with van der Waals surface area (Å²) in [5.41, 5.74) is 1.67. The number of imidazole rings is 1. The van der Waals surface area contributed by atoms with Gasteiger partial charge in [-0.15, -0.1) is 0 Å². The number of rotatable bonds is 5. The van der Waals surface area contributed by atoms with Crippen LogP contribution in [0.4, 0.5) is 8.78 Å². The number of fused-ring (bicyclic) bond motifs is 1. The van der Waals surface area contributed by atoms with Crippen LogP contribution in [0, 0.1) is 0 Å². The topological polar surface area (TPSA) is 56.0 Å². The number of benzene rings is 2. The van der Waals surface area contributed by atoms with Crippen LogP contribution in [0.5, 0.6) is 0 Å². The highest BCUT2D eigenvalue weighted by atomic mass is 19.3. The van der Waals surface area contributed by atoms with E-state index < -0.39 is 12.2 Å². The van der Waals surface area contributed by atoms with Gasteiger partial charge in [-0.05, 0) is 23.3 Å². The molecule has 25 heavy (non-hydrogen) atoms. The molecule has 0 spiro atoms. The highest BCUT2D eigenvalue weighted by Crippen LogP contribution is 2.19. The average molecular weight is 345 g/mol. The average Bonchev–Trinajstić information content (AvgIpc) is 2.86. The fraction of sp³-hybridized carbons (Fsp3) is 0.222. The van der Waals surface area contributed by atoms with Crippen molar-refractivity contribution in [3.8, 4) is 0 Å². The first-order valence-electron chi connectivity index (χ1n) is 7.77. The van der Waals surface area contributed by atoms with E-state index in [-0.39, 0.29) is 18.0 Å². The number of carbonyl (C=O) groups is 1. The van der Waals surface area contributed by atoms with Crippen LogP contribution in [0.15, 0.2) is 53.3 Å². The van der Waals surface area contributed by atoms with Gasteiger partial charge in [0.1, 0.15) is 0 Å². The molecule has 1 N–H and O–H groups in total. The molecule has 1 amide bonds. The molecule has 0 atom stereocenters. The molecule has 0 aliphatic rings. The van der Waals surface area contributed by atoms with Gasteiger partial charge in [0, 0.05) is 13.5 Å². The van der Waals surface area contributed by atoms with Crippen LogP contribution >= 0.6 is 0 Å². The highest BCUT2D eigenvalue weighted by molar-refractivity contribution is 5.76. The third-order valence-electron chi connectivity index (χ3n) is 3.97. The van der Waals surface area contributed by atoms with Crippen molar-refractivity contribution in [2.75, 3.05) is 0 Å². The van der Waals surface area contributed by atoms with E-state index in [1.807, 2.05) is 24.3 Å². The number of carbonyl (C=O) groups excluding carboxylic acids is 1. The van der Waals surface area contributed by atoms with Crippen molar-refractivity contribution in [1.82, 2.24) is 14.5 Å². The van der Waals surface area contributed by atoms with E-state index >= 15 is 0 Å². The summed E-state index contributed by atoms with van der Waals surface area (Å²) in [5, 5.41) is 2.70. The predicted octanol–water partition coefficient (Wildman–Crippen LogP) is 2.88. The van der Waals surface area contributed by atoms with Crippen molar-refractivity contribution >= 4 is 16.9 Å². The van der Waals surface area contributed by atoms with Gasteiger partial charge in [-0.25, -0.2) is 9.36 Å². The summed E-state index contributed by atoms with van der Waals surface area (Å²) in [4.78, 5) is 23.3. The standard InChI is InChI=1S/C18H17F2N3O2/c1-12(24)21-10-13-6-8-14(9-7-13)11-22-15-4-2-3-5-16(15)23(17(19)20)18(22)25/h2-9,17H,10-11H2,1H3,(H,21,24). The molecule has 130 valence electrons. The maximum atomic E-state index is 13.2. The maximum Gasteiger partial charge on any atom is 0.333 e. The van der Waals surface area contributed by atoms with Gasteiger partial charge in [0.25, 0.3) is 0 Å². The minimum absolute atomic E-state index is 0.115. The third-order valence-corrected chi connectivity index (χ3v) is 3.97. The fourth-order valence-electron chi connectivity index (χ4n) is 2.75. The zero-order valence-corrected chi connectivity index (χ0v) is 13.6. The van der Waals surface area contributed by atoms with E-state index in [0.717, 1.165) is 11.1 Å². The summed E-state index contributed by atoms with van der Waals surface area (Å²) < 4.78 is 28.3. The van der Waals surface area contributed by atoms with Crippen molar-refractivity contribution in [1.29, 1.82) is 0 Å². The lowest BCUT2D eigenvalue weighted by Gasteiger charge is -2.06. The predicted molar refractivity (Wildman–Crippen MR) is 90.5 cm³/mol. The number of nitrogens with one attached hydrogen (secondary N) is 1. The number of aromatic nitrogens is 2. The number of hydrogen-bond acceptors (Lipinski definition) is 2. The second-order valence-electron chi connectivity index (χ2n) is 5.73. The molecule has 0 aliphatic heterocycles. The number of hydrogen-bond donors (Lipinski definition) is 1. The Bertz CT molecular complexity index is 959. The quantitative estimate of drug-likeness (QED) is 0.773. The largest absolute Gasteiger partial charge is 0.352 e. The Balaban J connectivity index is 1.92. The van der Waals surface area contributed by atoms with Crippen LogP contribution < -0.4 is 11.0 Å². The van der Waals surface area contributed by atoms with Crippen molar-refractivity contribution in [3.05, 3.63) is 70.1 Å². The van der Waals surface area contributed by atoms with Gasteiger partial charge >= 0.3 is 12.2 Å². The SMILES string of the molecule is CC(=O)NCc1ccc(Cn2c(=O)n(C(F)F)c3ccccc32)cc1. The zero-order valence-electron chi connectivity index (χ0n) is 13.6. The van der Waals surface area contributed by atoms with Gasteiger partial charge in [-0.2, -0.15) is 8.78 Å². The van der Waals surface area contributed by atoms with Crippen LogP contribution in [-0.4, -0.2) is 15.0 Å². The first-order chi connectivity index (χ1) is 12.0. The second kappa shape index (κ2) is 6.88. The molecule has 2 aromatic carbocycles. The lowest BCUT2D eigenvalue weighted by atomic mass is 10.1. The van der Waals surface area contributed by atoms with Crippen LogP contribution in [0.3, 0.4) is 0 Å². The summed E-state index contributed by atoms with van der Waals surface area (Å²) in [6, 6.07) is 13.8. The Morgan fingerprint density at radius 3 is 2.24 bits per heavy atom. The Morgan fingerprint density at radius 2 is 1.64 bits per heavy atom. The molecule has 0 bridgehead atoms. The lowest BCUT2D eigenvalue weighted by molar-refractivity contribution is -0.119. The Morgan fingerprint density at radius 1 is 1.04 bits per heavy atom. The molecule has 3 aromatic rings. The molecule has 0 unspecified atom stereocenters. The molecule has 5 nitrogen and oxygen atoms in total. The molecule has 0 radical (unpaired) electrons. The number of halogens is 2. The van der Waals surface area contributed by atoms with Gasteiger partial charge in [0.2, 0.25) is 5.91 Å². The van der Waals surface area contributed by atoms with Crippen LogP contribution in [0.1, 0.15) is 24.6 Å². The number of nitrogens with zero attached hydrogens (tertiary/aromatic N) is 2. The van der Waals surface area contributed by atoms with Crippen molar-refractivity contribution in [3.63, 3.8) is 0 Å². The minimum Gasteiger partial charge on any atom is -0.352 e. The van der Waals surface area contributed by atoms with Crippen molar-refractivity contribution in [2.45, 2.75) is 26.6 Å². The molecule has 0 fully saturated rings. The highest BCUT2D eigenvalue weighted by Gasteiger charge is 2.18. The first kappa shape index (κ1) is 16.9. The zero-order chi connectivity index (χ0) is 18.0. The van der Waals surface area contributed by atoms with E-state index in [9.17, 15) is 18.4 Å². The van der Waals surface area contributed by atoms with Crippen LogP contribution in [-0.2, 0) is 17.9 Å². The van der Waals surface area contributed by atoms with Gasteiger partial charge in [-0.1, -0.05) is 36.4 Å². The summed E-state index contributed by atoms with van der Waals surface area (Å²) in [6.45, 7) is -0.835. The molecule has 0 saturated carbocycles. The number of amides is 1. The lowest BCUT2D eigenvalue weighted by Crippen LogP contribution is -2.25. The van der Waals surface area contributed by atoms with Crippen molar-refractivity contribution in [2.24, 2.45) is 0 Å². The molecule has 1 heterocycles. The van der Waals surface area contributed by atoms with Gasteiger partial charge in [0.15, 0.2) is 0 Å². The van der Waals surface area contributed by atoms with Crippen LogP contribution in [0.25, 0.3) is 11.0 Å². The summed E-state index contributed by atoms with van der Waals surface area (Å²) >= 11 is 0. The molecular formula is C18H17F2N3O2. The van der Waals surface area contributed by atoms with Crippen molar-refractivity contribution < 1.29 is 13.6 Å². The van der Waals surface area contributed by atoms with Gasteiger partial charge < -0.3 is 5.32 Å². The van der Waals surface area contributed by atoms with E-state index in [0.29, 0.717) is 16.6 Å². The fourth-order valence-corrected chi connectivity index (χ4v) is 2.75. The van der Waals surface area contributed by atoms with Crippen LogP contribution in [0.2, 0.25) is 0 Å². The Labute approximate surface area is 142 Å². The molecule has 1 aromatic heterocycles. The normalized spacial score (nSPS) is 11.2. The monoisotopic (exact) mass is 345 g/mol. The van der Waals surface area contributed by atoms with E-state index in [1.54, 1.807) is 18.2 Å². The molecule has 3 rings (SSSR count). The Kier molecular flexibility index (Phi) is 4.65. The number of alkyl halides is 2. The molecule has 0 saturated heterocycles. The third kappa shape index (κ3) is 3.45. The smallest absolute Gasteiger partial charge is 0.333 e. The maximum absolute atomic E-state index is 13.2. The molecule has 0 aliphatic carbocycles. The summed E-state index contributed by atoms with van der Waals surface area (Å²) in [6.07, 6.45) is 0. The Hall–Kier alpha value is -2.96. The van der Waals surface area contributed by atoms with Gasteiger partial charge in [-0.3, -0.25) is 9.36 Å². The second-order valence-corrected chi connectivity index (χ2v) is 5.73. The minimum atomic E-state index is -2.89.